The second kappa shape index (κ2) is 7.61. The fraction of sp³-hybridized carbons (Fsp3) is 0.600. The van der Waals surface area contributed by atoms with Crippen molar-refractivity contribution in [2.75, 3.05) is 18.9 Å². The molecule has 0 spiro atoms. The summed E-state index contributed by atoms with van der Waals surface area (Å²) >= 11 is 3.44. The Bertz CT molecular complexity index is 565. The molecule has 0 bridgehead atoms. The highest BCUT2D eigenvalue weighted by Gasteiger charge is 2.28. The average molecular weight is 378 g/mol. The third-order valence-electron chi connectivity index (χ3n) is 3.13. The van der Waals surface area contributed by atoms with E-state index in [1.54, 1.807) is 20.8 Å². The van der Waals surface area contributed by atoms with E-state index in [1.165, 1.54) is 0 Å². The summed E-state index contributed by atoms with van der Waals surface area (Å²) in [6.07, 6.45) is 0. The maximum Gasteiger partial charge on any atom is 0.158 e. The van der Waals surface area contributed by atoms with Gasteiger partial charge in [0.05, 0.1) is 10.5 Å². The van der Waals surface area contributed by atoms with Gasteiger partial charge >= 0.3 is 0 Å². The van der Waals surface area contributed by atoms with E-state index in [0.29, 0.717) is 6.54 Å². The van der Waals surface area contributed by atoms with Crippen molar-refractivity contribution in [3.63, 3.8) is 0 Å². The van der Waals surface area contributed by atoms with Crippen LogP contribution in [0.3, 0.4) is 0 Å². The molecule has 0 aromatic heterocycles. The number of sulfone groups is 1. The summed E-state index contributed by atoms with van der Waals surface area (Å²) in [4.78, 5) is 0. The molecule has 0 heterocycles. The van der Waals surface area contributed by atoms with Crippen LogP contribution in [0.4, 0.5) is 0 Å². The van der Waals surface area contributed by atoms with Crippen LogP contribution in [0.5, 0.6) is 5.75 Å². The fourth-order valence-electron chi connectivity index (χ4n) is 1.65. The van der Waals surface area contributed by atoms with Gasteiger partial charge in [-0.1, -0.05) is 22.9 Å². The first-order valence-corrected chi connectivity index (χ1v) is 9.46. The van der Waals surface area contributed by atoms with Crippen molar-refractivity contribution in [1.29, 1.82) is 0 Å². The molecule has 0 unspecified atom stereocenters. The van der Waals surface area contributed by atoms with Crippen LogP contribution < -0.4 is 10.1 Å². The molecule has 1 aromatic carbocycles. The average Bonchev–Trinajstić information content (AvgIpc) is 2.37. The van der Waals surface area contributed by atoms with E-state index in [1.807, 2.05) is 25.1 Å². The van der Waals surface area contributed by atoms with Crippen LogP contribution in [0, 0.1) is 0 Å². The number of nitrogens with one attached hydrogen (secondary N) is 1. The Morgan fingerprint density at radius 2 is 1.95 bits per heavy atom. The van der Waals surface area contributed by atoms with E-state index in [9.17, 15) is 8.42 Å². The quantitative estimate of drug-likeness (QED) is 0.792. The molecule has 0 aliphatic carbocycles. The highest BCUT2D eigenvalue weighted by atomic mass is 79.9. The van der Waals surface area contributed by atoms with E-state index in [2.05, 4.69) is 21.2 Å². The minimum Gasteiger partial charge on any atom is -0.492 e. The molecule has 1 rings (SSSR count). The Labute approximate surface area is 136 Å². The smallest absolute Gasteiger partial charge is 0.158 e. The first-order chi connectivity index (χ1) is 9.67. The van der Waals surface area contributed by atoms with Gasteiger partial charge in [0.1, 0.15) is 12.4 Å². The summed E-state index contributed by atoms with van der Waals surface area (Å²) in [6, 6.07) is 5.74. The Morgan fingerprint density at radius 3 is 2.52 bits per heavy atom. The van der Waals surface area contributed by atoms with Gasteiger partial charge in [-0.25, -0.2) is 8.42 Å². The van der Waals surface area contributed by atoms with Crippen LogP contribution in [0.1, 0.15) is 33.3 Å². The molecule has 1 aromatic rings. The van der Waals surface area contributed by atoms with Gasteiger partial charge in [0.25, 0.3) is 0 Å². The lowest BCUT2D eigenvalue weighted by molar-refractivity contribution is 0.335. The van der Waals surface area contributed by atoms with Crippen LogP contribution >= 0.6 is 15.9 Å². The molecule has 0 fully saturated rings. The van der Waals surface area contributed by atoms with Crippen molar-refractivity contribution in [2.24, 2.45) is 0 Å². The van der Waals surface area contributed by atoms with Crippen molar-refractivity contribution >= 4 is 25.8 Å². The van der Waals surface area contributed by atoms with Gasteiger partial charge in [-0.2, -0.15) is 0 Å². The monoisotopic (exact) mass is 377 g/mol. The summed E-state index contributed by atoms with van der Waals surface area (Å²) in [5.41, 5.74) is 1.01. The molecule has 1 N–H and O–H groups in total. The molecule has 0 saturated heterocycles. The molecular weight excluding hydrogens is 354 g/mol. The summed E-state index contributed by atoms with van der Waals surface area (Å²) in [7, 11) is -3.16. The zero-order chi connectivity index (χ0) is 16.1. The number of halogens is 1. The van der Waals surface area contributed by atoms with Crippen LogP contribution in [-0.2, 0) is 16.4 Å². The molecule has 0 atom stereocenters. The lowest BCUT2D eigenvalue weighted by Gasteiger charge is -2.19. The molecule has 120 valence electrons. The van der Waals surface area contributed by atoms with Gasteiger partial charge in [-0.05, 0) is 45.5 Å². The first-order valence-electron chi connectivity index (χ1n) is 7.01. The SMILES string of the molecule is CCNCc1cc(Br)ccc1OCCS(=O)(=O)C(C)(C)C. The second-order valence-electron chi connectivity index (χ2n) is 5.81. The summed E-state index contributed by atoms with van der Waals surface area (Å²) in [5.74, 6) is 0.746. The molecular formula is C15H24BrNO3S. The summed E-state index contributed by atoms with van der Waals surface area (Å²) < 4.78 is 30.0. The molecule has 0 saturated carbocycles. The van der Waals surface area contributed by atoms with Crippen molar-refractivity contribution in [2.45, 2.75) is 39.0 Å². The van der Waals surface area contributed by atoms with E-state index in [0.717, 1.165) is 22.3 Å². The fourth-order valence-corrected chi connectivity index (χ4v) is 2.98. The molecule has 21 heavy (non-hydrogen) atoms. The number of hydrogen-bond acceptors (Lipinski definition) is 4. The number of hydrogen-bond donors (Lipinski definition) is 1. The van der Waals surface area contributed by atoms with Crippen LogP contribution in [0.25, 0.3) is 0 Å². The maximum absolute atomic E-state index is 12.1. The number of benzene rings is 1. The number of ether oxygens (including phenoxy) is 1. The van der Waals surface area contributed by atoms with E-state index >= 15 is 0 Å². The first kappa shape index (κ1) is 18.5. The van der Waals surface area contributed by atoms with Gasteiger partial charge in [-0.3, -0.25) is 0 Å². The van der Waals surface area contributed by atoms with Gasteiger partial charge in [0.2, 0.25) is 0 Å². The molecule has 4 nitrogen and oxygen atoms in total. The Hall–Kier alpha value is -0.590. The van der Waals surface area contributed by atoms with E-state index in [4.69, 9.17) is 4.74 Å². The normalized spacial score (nSPS) is 12.4. The molecule has 0 radical (unpaired) electrons. The standard InChI is InChI=1S/C15H24BrNO3S/c1-5-17-11-12-10-13(16)6-7-14(12)20-8-9-21(18,19)15(2,3)4/h6-7,10,17H,5,8-9,11H2,1-4H3. The highest BCUT2D eigenvalue weighted by molar-refractivity contribution is 9.10. The second-order valence-corrected chi connectivity index (χ2v) is 9.59. The summed E-state index contributed by atoms with van der Waals surface area (Å²) in [6.45, 7) is 8.88. The minimum atomic E-state index is -3.16. The largest absolute Gasteiger partial charge is 0.492 e. The lowest BCUT2D eigenvalue weighted by atomic mass is 10.2. The van der Waals surface area contributed by atoms with Gasteiger partial charge in [-0.15, -0.1) is 0 Å². The Balaban J connectivity index is 2.71. The van der Waals surface area contributed by atoms with E-state index < -0.39 is 14.6 Å². The molecule has 0 amide bonds. The Kier molecular flexibility index (Phi) is 6.69. The molecule has 0 aliphatic heterocycles. The number of rotatable bonds is 7. The molecule has 6 heteroatoms. The minimum absolute atomic E-state index is 0.0210. The van der Waals surface area contributed by atoms with Crippen LogP contribution in [-0.4, -0.2) is 32.1 Å². The predicted octanol–water partition coefficient (Wildman–Crippen LogP) is 3.15. The third-order valence-corrected chi connectivity index (χ3v) is 6.19. The predicted molar refractivity (Wildman–Crippen MR) is 90.6 cm³/mol. The van der Waals surface area contributed by atoms with Crippen molar-refractivity contribution < 1.29 is 13.2 Å². The summed E-state index contributed by atoms with van der Waals surface area (Å²) in [5, 5.41) is 3.24. The maximum atomic E-state index is 12.1. The van der Waals surface area contributed by atoms with Gasteiger partial charge < -0.3 is 10.1 Å². The lowest BCUT2D eigenvalue weighted by Crippen LogP contribution is -2.32. The van der Waals surface area contributed by atoms with Gasteiger partial charge in [0, 0.05) is 16.6 Å². The van der Waals surface area contributed by atoms with Crippen LogP contribution in [0.2, 0.25) is 0 Å². The highest BCUT2D eigenvalue weighted by Crippen LogP contribution is 2.24. The zero-order valence-electron chi connectivity index (χ0n) is 13.1. The van der Waals surface area contributed by atoms with Crippen LogP contribution in [0.15, 0.2) is 22.7 Å². The van der Waals surface area contributed by atoms with Crippen molar-refractivity contribution in [3.8, 4) is 5.75 Å². The van der Waals surface area contributed by atoms with Crippen molar-refractivity contribution in [3.05, 3.63) is 28.2 Å². The zero-order valence-corrected chi connectivity index (χ0v) is 15.5. The third kappa shape index (κ3) is 5.60. The topological polar surface area (TPSA) is 55.4 Å². The Morgan fingerprint density at radius 1 is 1.29 bits per heavy atom. The van der Waals surface area contributed by atoms with Crippen molar-refractivity contribution in [1.82, 2.24) is 5.32 Å². The van der Waals surface area contributed by atoms with Gasteiger partial charge in [0.15, 0.2) is 9.84 Å². The molecule has 0 aliphatic rings. The van der Waals surface area contributed by atoms with E-state index in [-0.39, 0.29) is 12.4 Å².